The topological polar surface area (TPSA) is 111 Å². The molecule has 2 saturated heterocycles. The van der Waals surface area contributed by atoms with Crippen LogP contribution in [0.25, 0.3) is 10.9 Å². The molecule has 3 aromatic rings. The number of benzene rings is 2. The Kier molecular flexibility index (Phi) is 5.56. The van der Waals surface area contributed by atoms with E-state index in [-0.39, 0.29) is 17.9 Å². The van der Waals surface area contributed by atoms with Gasteiger partial charge in [0.2, 0.25) is 5.91 Å². The Morgan fingerprint density at radius 1 is 1.00 bits per heavy atom. The maximum absolute atomic E-state index is 12.8. The van der Waals surface area contributed by atoms with Gasteiger partial charge in [-0.15, -0.1) is 0 Å². The van der Waals surface area contributed by atoms with Gasteiger partial charge in [0.15, 0.2) is 0 Å². The second-order valence-electron chi connectivity index (χ2n) is 8.92. The van der Waals surface area contributed by atoms with E-state index in [4.69, 9.17) is 5.26 Å². The molecule has 0 radical (unpaired) electrons. The largest absolute Gasteiger partial charge is 0.299 e. The van der Waals surface area contributed by atoms with E-state index in [0.29, 0.717) is 23.3 Å². The molecule has 2 N–H and O–H groups in total. The standard InChI is InChI=1S/C25H25N5O3/c26-14-16-1-3-17(4-2-16)15-29-11-9-18(10-12-29)19-5-6-20-21(13-19)28-30(25(20)33)22-7-8-23(31)27-24(22)32/h1-6,13,18,22,28H,7-12,15H2,(H,27,31,32). The second kappa shape index (κ2) is 8.68. The third kappa shape index (κ3) is 4.20. The van der Waals surface area contributed by atoms with Crippen LogP contribution in [0.5, 0.6) is 0 Å². The van der Waals surface area contributed by atoms with Crippen LogP contribution >= 0.6 is 0 Å². The molecule has 0 spiro atoms. The fraction of sp³-hybridized carbons (Fsp3) is 0.360. The molecule has 0 saturated carbocycles. The van der Waals surface area contributed by atoms with E-state index in [9.17, 15) is 14.4 Å². The van der Waals surface area contributed by atoms with Gasteiger partial charge >= 0.3 is 0 Å². The van der Waals surface area contributed by atoms with Gasteiger partial charge in [-0.1, -0.05) is 18.2 Å². The summed E-state index contributed by atoms with van der Waals surface area (Å²) >= 11 is 0. The highest BCUT2D eigenvalue weighted by Crippen LogP contribution is 2.30. The van der Waals surface area contributed by atoms with Crippen LogP contribution in [0, 0.1) is 11.3 Å². The Hall–Kier alpha value is -3.70. The number of carbonyl (C=O) groups is 2. The van der Waals surface area contributed by atoms with Crippen molar-refractivity contribution in [3.8, 4) is 6.07 Å². The van der Waals surface area contributed by atoms with Crippen LogP contribution in [-0.2, 0) is 16.1 Å². The molecule has 1 atom stereocenters. The average Bonchev–Trinajstić information content (AvgIpc) is 3.15. The van der Waals surface area contributed by atoms with Crippen molar-refractivity contribution >= 4 is 22.7 Å². The van der Waals surface area contributed by atoms with E-state index in [1.165, 1.54) is 15.8 Å². The molecule has 5 rings (SSSR count). The van der Waals surface area contributed by atoms with Crippen molar-refractivity contribution in [2.45, 2.75) is 44.2 Å². The number of likely N-dealkylation sites (tertiary alicyclic amines) is 1. The smallest absolute Gasteiger partial charge is 0.275 e. The highest BCUT2D eigenvalue weighted by Gasteiger charge is 2.30. The number of amides is 2. The van der Waals surface area contributed by atoms with Gasteiger partial charge in [0, 0.05) is 13.0 Å². The van der Waals surface area contributed by atoms with Gasteiger partial charge < -0.3 is 0 Å². The summed E-state index contributed by atoms with van der Waals surface area (Å²) in [5.74, 6) is -0.322. The lowest BCUT2D eigenvalue weighted by Gasteiger charge is -2.32. The first-order valence-electron chi connectivity index (χ1n) is 11.3. The highest BCUT2D eigenvalue weighted by molar-refractivity contribution is 5.99. The summed E-state index contributed by atoms with van der Waals surface area (Å²) in [6.45, 7) is 2.84. The fourth-order valence-electron chi connectivity index (χ4n) is 4.92. The number of aromatic nitrogens is 2. The van der Waals surface area contributed by atoms with Crippen LogP contribution in [0.1, 0.15) is 54.3 Å². The van der Waals surface area contributed by atoms with Gasteiger partial charge in [-0.3, -0.25) is 29.7 Å². The minimum absolute atomic E-state index is 0.227. The summed E-state index contributed by atoms with van der Waals surface area (Å²) in [6.07, 6.45) is 2.60. The van der Waals surface area contributed by atoms with Gasteiger partial charge in [0.05, 0.1) is 22.5 Å². The summed E-state index contributed by atoms with van der Waals surface area (Å²) in [5, 5.41) is 14.9. The molecule has 33 heavy (non-hydrogen) atoms. The van der Waals surface area contributed by atoms with Crippen molar-refractivity contribution in [3.05, 3.63) is 69.5 Å². The molecule has 0 bridgehead atoms. The Balaban J connectivity index is 1.28. The lowest BCUT2D eigenvalue weighted by Crippen LogP contribution is -2.44. The van der Waals surface area contributed by atoms with Crippen LogP contribution in [0.4, 0.5) is 0 Å². The number of fused-ring (bicyclic) bond motifs is 1. The summed E-state index contributed by atoms with van der Waals surface area (Å²) < 4.78 is 1.36. The number of carbonyl (C=O) groups excluding carboxylic acids is 2. The van der Waals surface area contributed by atoms with Crippen molar-refractivity contribution < 1.29 is 9.59 Å². The molecular formula is C25H25N5O3. The zero-order chi connectivity index (χ0) is 22.9. The predicted molar refractivity (Wildman–Crippen MR) is 122 cm³/mol. The molecule has 2 aromatic carbocycles. The quantitative estimate of drug-likeness (QED) is 0.602. The SMILES string of the molecule is N#Cc1ccc(CN2CCC(c3ccc4c(=O)n(C5CCC(=O)NC5=O)[nH]c4c3)CC2)cc1. The van der Waals surface area contributed by atoms with E-state index in [1.54, 1.807) is 0 Å². The molecule has 1 aromatic heterocycles. The van der Waals surface area contributed by atoms with E-state index in [2.05, 4.69) is 21.4 Å². The molecule has 3 heterocycles. The Morgan fingerprint density at radius 3 is 2.45 bits per heavy atom. The monoisotopic (exact) mass is 443 g/mol. The van der Waals surface area contributed by atoms with Crippen molar-refractivity contribution in [2.75, 3.05) is 13.1 Å². The first kappa shape index (κ1) is 21.2. The Labute approximate surface area is 190 Å². The summed E-state index contributed by atoms with van der Waals surface area (Å²) in [4.78, 5) is 38.9. The maximum atomic E-state index is 12.8. The molecule has 2 amide bonds. The van der Waals surface area contributed by atoms with Crippen molar-refractivity contribution in [1.29, 1.82) is 5.26 Å². The number of rotatable bonds is 4. The third-order valence-corrected chi connectivity index (χ3v) is 6.80. The number of nitrogens with one attached hydrogen (secondary N) is 2. The van der Waals surface area contributed by atoms with Crippen LogP contribution < -0.4 is 10.9 Å². The van der Waals surface area contributed by atoms with Crippen molar-refractivity contribution in [2.24, 2.45) is 0 Å². The van der Waals surface area contributed by atoms with Gasteiger partial charge in [0.1, 0.15) is 6.04 Å². The minimum Gasteiger partial charge on any atom is -0.299 e. The van der Waals surface area contributed by atoms with E-state index >= 15 is 0 Å². The number of imide groups is 1. The summed E-state index contributed by atoms with van der Waals surface area (Å²) in [5.41, 5.74) is 3.57. The zero-order valence-electron chi connectivity index (χ0n) is 18.2. The molecule has 8 nitrogen and oxygen atoms in total. The van der Waals surface area contributed by atoms with Crippen molar-refractivity contribution in [3.63, 3.8) is 0 Å². The first-order valence-corrected chi connectivity index (χ1v) is 11.3. The van der Waals surface area contributed by atoms with Gasteiger partial charge in [-0.25, -0.2) is 4.68 Å². The van der Waals surface area contributed by atoms with E-state index in [0.717, 1.165) is 38.0 Å². The molecule has 8 heteroatoms. The van der Waals surface area contributed by atoms with Crippen LogP contribution in [-0.4, -0.2) is 39.6 Å². The molecule has 0 aliphatic carbocycles. The van der Waals surface area contributed by atoms with E-state index in [1.807, 2.05) is 42.5 Å². The van der Waals surface area contributed by atoms with Gasteiger partial charge in [0.25, 0.3) is 11.5 Å². The molecule has 1 unspecified atom stereocenters. The zero-order valence-corrected chi connectivity index (χ0v) is 18.2. The maximum Gasteiger partial charge on any atom is 0.275 e. The number of piperidine rings is 2. The number of nitriles is 1. The normalized spacial score (nSPS) is 20.0. The number of aromatic amines is 1. The summed E-state index contributed by atoms with van der Waals surface area (Å²) in [7, 11) is 0. The minimum atomic E-state index is -0.684. The van der Waals surface area contributed by atoms with Crippen LogP contribution in [0.15, 0.2) is 47.3 Å². The number of hydrogen-bond donors (Lipinski definition) is 2. The lowest BCUT2D eigenvalue weighted by atomic mass is 9.89. The molecular weight excluding hydrogens is 418 g/mol. The van der Waals surface area contributed by atoms with Crippen LogP contribution in [0.3, 0.4) is 0 Å². The predicted octanol–water partition coefficient (Wildman–Crippen LogP) is 2.56. The Morgan fingerprint density at radius 2 is 1.76 bits per heavy atom. The van der Waals surface area contributed by atoms with Crippen LogP contribution in [0.2, 0.25) is 0 Å². The van der Waals surface area contributed by atoms with Gasteiger partial charge in [-0.05, 0) is 73.7 Å². The lowest BCUT2D eigenvalue weighted by molar-refractivity contribution is -0.136. The number of nitrogens with zero attached hydrogens (tertiary/aromatic N) is 3. The van der Waals surface area contributed by atoms with E-state index < -0.39 is 11.9 Å². The fourth-order valence-corrected chi connectivity index (χ4v) is 4.92. The molecule has 2 fully saturated rings. The first-order chi connectivity index (χ1) is 16.0. The van der Waals surface area contributed by atoms with Gasteiger partial charge in [-0.2, -0.15) is 5.26 Å². The third-order valence-electron chi connectivity index (χ3n) is 6.80. The highest BCUT2D eigenvalue weighted by atomic mass is 16.2. The Bertz CT molecular complexity index is 1310. The molecule has 2 aliphatic heterocycles. The summed E-state index contributed by atoms with van der Waals surface area (Å²) in [6, 6.07) is 15.1. The van der Waals surface area contributed by atoms with Crippen molar-refractivity contribution in [1.82, 2.24) is 20.0 Å². The average molecular weight is 444 g/mol. The second-order valence-corrected chi connectivity index (χ2v) is 8.92. The number of hydrogen-bond acceptors (Lipinski definition) is 5. The molecule has 168 valence electrons. The molecule has 2 aliphatic rings. The number of H-pyrrole nitrogens is 1.